The lowest BCUT2D eigenvalue weighted by Crippen LogP contribution is -2.47. The second kappa shape index (κ2) is 5.77. The van der Waals surface area contributed by atoms with Crippen molar-refractivity contribution in [1.29, 1.82) is 0 Å². The van der Waals surface area contributed by atoms with Gasteiger partial charge in [-0.15, -0.1) is 0 Å². The van der Waals surface area contributed by atoms with E-state index in [9.17, 15) is 0 Å². The molecule has 1 atom stereocenters. The summed E-state index contributed by atoms with van der Waals surface area (Å²) in [6.45, 7) is 6.67. The largest absolute Gasteiger partial charge is 0.375 e. The van der Waals surface area contributed by atoms with E-state index in [0.29, 0.717) is 19.1 Å². The van der Waals surface area contributed by atoms with Crippen molar-refractivity contribution in [1.82, 2.24) is 14.9 Å². The van der Waals surface area contributed by atoms with Gasteiger partial charge >= 0.3 is 0 Å². The van der Waals surface area contributed by atoms with Crippen molar-refractivity contribution >= 4 is 5.96 Å². The van der Waals surface area contributed by atoms with E-state index in [1.165, 1.54) is 0 Å². The van der Waals surface area contributed by atoms with Gasteiger partial charge in [0.05, 0.1) is 24.9 Å². The van der Waals surface area contributed by atoms with Gasteiger partial charge in [-0.05, 0) is 19.9 Å². The molecule has 6 nitrogen and oxygen atoms in total. The van der Waals surface area contributed by atoms with E-state index >= 15 is 0 Å². The summed E-state index contributed by atoms with van der Waals surface area (Å²) in [6, 6.07) is 1.85. The quantitative estimate of drug-likeness (QED) is 0.603. The summed E-state index contributed by atoms with van der Waals surface area (Å²) in [5.41, 5.74) is 6.85. The second-order valence-corrected chi connectivity index (χ2v) is 4.40. The molecule has 1 aliphatic heterocycles. The molecule has 0 saturated carbocycles. The molecule has 1 unspecified atom stereocenters. The highest BCUT2D eigenvalue weighted by atomic mass is 16.5. The van der Waals surface area contributed by atoms with E-state index in [1.807, 2.05) is 24.8 Å². The Bertz CT molecular complexity index is 434. The van der Waals surface area contributed by atoms with Gasteiger partial charge in [-0.2, -0.15) is 0 Å². The molecule has 0 aliphatic carbocycles. The van der Waals surface area contributed by atoms with Gasteiger partial charge in [-0.1, -0.05) is 0 Å². The van der Waals surface area contributed by atoms with E-state index < -0.39 is 0 Å². The molecule has 98 valence electrons. The molecule has 0 amide bonds. The Balaban J connectivity index is 1.96. The summed E-state index contributed by atoms with van der Waals surface area (Å²) in [5.74, 6) is 1.31. The van der Waals surface area contributed by atoms with Gasteiger partial charge in [-0.25, -0.2) is 15.0 Å². The summed E-state index contributed by atoms with van der Waals surface area (Å²) < 4.78 is 5.46. The van der Waals surface area contributed by atoms with Crippen molar-refractivity contribution in [2.75, 3.05) is 19.7 Å². The normalized spacial score (nSPS) is 21.1. The Hall–Kier alpha value is -1.69. The molecular weight excluding hydrogens is 230 g/mol. The zero-order valence-corrected chi connectivity index (χ0v) is 10.8. The summed E-state index contributed by atoms with van der Waals surface area (Å²) in [7, 11) is 0. The van der Waals surface area contributed by atoms with E-state index in [2.05, 4.69) is 15.0 Å². The molecule has 0 bridgehead atoms. The molecule has 0 spiro atoms. The van der Waals surface area contributed by atoms with Crippen LogP contribution in [0.1, 0.15) is 18.4 Å². The first-order valence-electron chi connectivity index (χ1n) is 6.10. The Morgan fingerprint density at radius 2 is 2.50 bits per heavy atom. The smallest absolute Gasteiger partial charge is 0.191 e. The molecular formula is C12H19N5O. The molecule has 2 rings (SSSR count). The van der Waals surface area contributed by atoms with Gasteiger partial charge in [0.1, 0.15) is 5.82 Å². The van der Waals surface area contributed by atoms with Crippen LogP contribution < -0.4 is 5.73 Å². The van der Waals surface area contributed by atoms with Crippen molar-refractivity contribution in [2.45, 2.75) is 26.5 Å². The van der Waals surface area contributed by atoms with Gasteiger partial charge < -0.3 is 15.4 Å². The number of aliphatic imine (C=N–C) groups is 1. The van der Waals surface area contributed by atoms with Crippen molar-refractivity contribution in [3.05, 3.63) is 23.8 Å². The number of aromatic nitrogens is 2. The topological polar surface area (TPSA) is 76.6 Å². The molecule has 1 saturated heterocycles. The van der Waals surface area contributed by atoms with Crippen molar-refractivity contribution in [2.24, 2.45) is 10.7 Å². The number of ether oxygens (including phenoxy) is 1. The third-order valence-corrected chi connectivity index (χ3v) is 2.80. The Kier molecular flexibility index (Phi) is 4.09. The minimum absolute atomic E-state index is 0.203. The molecule has 0 aromatic carbocycles. The van der Waals surface area contributed by atoms with Crippen LogP contribution in [0.3, 0.4) is 0 Å². The number of nitrogens with two attached hydrogens (primary N) is 1. The minimum Gasteiger partial charge on any atom is -0.375 e. The molecule has 6 heteroatoms. The van der Waals surface area contributed by atoms with E-state index in [1.54, 1.807) is 6.20 Å². The highest BCUT2D eigenvalue weighted by Crippen LogP contribution is 2.04. The lowest BCUT2D eigenvalue weighted by Gasteiger charge is -2.31. The first kappa shape index (κ1) is 12.8. The molecule has 0 radical (unpaired) electrons. The van der Waals surface area contributed by atoms with Crippen LogP contribution in [0.15, 0.2) is 17.3 Å². The maximum absolute atomic E-state index is 5.97. The Morgan fingerprint density at radius 3 is 3.22 bits per heavy atom. The van der Waals surface area contributed by atoms with Gasteiger partial charge in [0.15, 0.2) is 5.96 Å². The maximum Gasteiger partial charge on any atom is 0.191 e. The van der Waals surface area contributed by atoms with Crippen LogP contribution in [0, 0.1) is 6.92 Å². The predicted octanol–water partition coefficient (Wildman–Crippen LogP) is 0.320. The van der Waals surface area contributed by atoms with Gasteiger partial charge in [0.2, 0.25) is 0 Å². The number of nitrogens with zero attached hydrogens (tertiary/aromatic N) is 4. The van der Waals surface area contributed by atoms with E-state index in [0.717, 1.165) is 24.6 Å². The Labute approximate surface area is 107 Å². The van der Waals surface area contributed by atoms with Crippen LogP contribution in [0.5, 0.6) is 0 Å². The van der Waals surface area contributed by atoms with Crippen LogP contribution in [0.2, 0.25) is 0 Å². The van der Waals surface area contributed by atoms with E-state index in [4.69, 9.17) is 10.5 Å². The SMILES string of the molecule is Cc1nccc(CN=C(N)N2CCOC(C)C2)n1. The van der Waals surface area contributed by atoms with Crippen LogP contribution >= 0.6 is 0 Å². The number of morpholine rings is 1. The number of guanidine groups is 1. The minimum atomic E-state index is 0.203. The monoisotopic (exact) mass is 249 g/mol. The molecule has 1 aliphatic rings. The summed E-state index contributed by atoms with van der Waals surface area (Å²) >= 11 is 0. The highest BCUT2D eigenvalue weighted by molar-refractivity contribution is 5.78. The van der Waals surface area contributed by atoms with Crippen molar-refractivity contribution < 1.29 is 4.74 Å². The fourth-order valence-corrected chi connectivity index (χ4v) is 1.88. The summed E-state index contributed by atoms with van der Waals surface area (Å²) in [4.78, 5) is 14.7. The molecule has 18 heavy (non-hydrogen) atoms. The van der Waals surface area contributed by atoms with Crippen molar-refractivity contribution in [3.8, 4) is 0 Å². The van der Waals surface area contributed by atoms with E-state index in [-0.39, 0.29) is 6.10 Å². The molecule has 2 N–H and O–H groups in total. The van der Waals surface area contributed by atoms with Crippen LogP contribution in [0.4, 0.5) is 0 Å². The fourth-order valence-electron chi connectivity index (χ4n) is 1.88. The van der Waals surface area contributed by atoms with Gasteiger partial charge in [-0.3, -0.25) is 0 Å². The Morgan fingerprint density at radius 1 is 1.67 bits per heavy atom. The third kappa shape index (κ3) is 3.40. The van der Waals surface area contributed by atoms with Crippen LogP contribution in [-0.2, 0) is 11.3 Å². The fraction of sp³-hybridized carbons (Fsp3) is 0.583. The number of hydrogen-bond acceptors (Lipinski definition) is 4. The zero-order chi connectivity index (χ0) is 13.0. The summed E-state index contributed by atoms with van der Waals surface area (Å²) in [6.07, 6.45) is 1.94. The zero-order valence-electron chi connectivity index (χ0n) is 10.8. The number of aryl methyl sites for hydroxylation is 1. The number of rotatable bonds is 2. The predicted molar refractivity (Wildman–Crippen MR) is 69.1 cm³/mol. The standard InChI is InChI=1S/C12H19N5O/c1-9-8-17(5-6-18-9)12(13)15-7-11-3-4-14-10(2)16-11/h3-4,9H,5-8H2,1-2H3,(H2,13,15). The molecule has 2 heterocycles. The van der Waals surface area contributed by atoms with Gasteiger partial charge in [0, 0.05) is 19.3 Å². The summed E-state index contributed by atoms with van der Waals surface area (Å²) in [5, 5.41) is 0. The lowest BCUT2D eigenvalue weighted by atomic mass is 10.3. The average Bonchev–Trinajstić information content (AvgIpc) is 2.36. The average molecular weight is 249 g/mol. The van der Waals surface area contributed by atoms with Crippen LogP contribution in [-0.4, -0.2) is 46.6 Å². The highest BCUT2D eigenvalue weighted by Gasteiger charge is 2.17. The first-order chi connectivity index (χ1) is 8.65. The van der Waals surface area contributed by atoms with Crippen molar-refractivity contribution in [3.63, 3.8) is 0 Å². The third-order valence-electron chi connectivity index (χ3n) is 2.80. The van der Waals surface area contributed by atoms with Crippen LogP contribution in [0.25, 0.3) is 0 Å². The lowest BCUT2D eigenvalue weighted by molar-refractivity contribution is 0.00528. The molecule has 1 fully saturated rings. The first-order valence-corrected chi connectivity index (χ1v) is 6.10. The second-order valence-electron chi connectivity index (χ2n) is 4.40. The van der Waals surface area contributed by atoms with Gasteiger partial charge in [0.25, 0.3) is 0 Å². The molecule has 1 aromatic rings. The number of hydrogen-bond donors (Lipinski definition) is 1. The maximum atomic E-state index is 5.97. The molecule has 1 aromatic heterocycles.